The lowest BCUT2D eigenvalue weighted by Crippen LogP contribution is -1.91. The number of hydrogen-bond acceptors (Lipinski definition) is 1. The van der Waals surface area contributed by atoms with Crippen molar-refractivity contribution in [3.63, 3.8) is 0 Å². The van der Waals surface area contributed by atoms with Crippen molar-refractivity contribution >= 4 is 5.97 Å². The van der Waals surface area contributed by atoms with Crippen molar-refractivity contribution in [1.29, 1.82) is 0 Å². The van der Waals surface area contributed by atoms with Gasteiger partial charge in [-0.15, -0.1) is 6.58 Å². The Morgan fingerprint density at radius 3 is 2.64 bits per heavy atom. The SMILES string of the molecule is C=CCC/C(=C/C(=O)O)CC. The number of hydrogen-bond donors (Lipinski definition) is 1. The van der Waals surface area contributed by atoms with Gasteiger partial charge in [0, 0.05) is 6.08 Å². The summed E-state index contributed by atoms with van der Waals surface area (Å²) < 4.78 is 0. The number of rotatable bonds is 5. The predicted molar refractivity (Wildman–Crippen MR) is 45.4 cm³/mol. The Bertz CT molecular complexity index is 168. The van der Waals surface area contributed by atoms with Gasteiger partial charge in [0.25, 0.3) is 0 Å². The van der Waals surface area contributed by atoms with Gasteiger partial charge in [-0.3, -0.25) is 0 Å². The van der Waals surface area contributed by atoms with Crippen molar-refractivity contribution < 1.29 is 9.90 Å². The Hall–Kier alpha value is -1.05. The van der Waals surface area contributed by atoms with Crippen LogP contribution in [0, 0.1) is 0 Å². The van der Waals surface area contributed by atoms with Crippen LogP contribution in [0.4, 0.5) is 0 Å². The third-order valence-corrected chi connectivity index (χ3v) is 1.45. The predicted octanol–water partition coefficient (Wildman–Crippen LogP) is 2.37. The molecule has 11 heavy (non-hydrogen) atoms. The average molecular weight is 154 g/mol. The fourth-order valence-corrected chi connectivity index (χ4v) is 0.813. The Morgan fingerprint density at radius 2 is 2.27 bits per heavy atom. The maximum absolute atomic E-state index is 10.2. The quantitative estimate of drug-likeness (QED) is 0.487. The fraction of sp³-hybridized carbons (Fsp3) is 0.444. The Balaban J connectivity index is 3.93. The molecule has 0 unspecified atom stereocenters. The van der Waals surface area contributed by atoms with E-state index in [0.29, 0.717) is 0 Å². The van der Waals surface area contributed by atoms with E-state index in [0.717, 1.165) is 24.8 Å². The van der Waals surface area contributed by atoms with E-state index in [1.165, 1.54) is 6.08 Å². The summed E-state index contributed by atoms with van der Waals surface area (Å²) in [6.07, 6.45) is 5.55. The van der Waals surface area contributed by atoms with Crippen LogP contribution in [0.5, 0.6) is 0 Å². The second-order valence-electron chi connectivity index (χ2n) is 2.32. The summed E-state index contributed by atoms with van der Waals surface area (Å²) in [6.45, 7) is 5.53. The van der Waals surface area contributed by atoms with Gasteiger partial charge in [-0.2, -0.15) is 0 Å². The number of carboxylic acids is 1. The third kappa shape index (κ3) is 5.40. The molecule has 0 saturated heterocycles. The van der Waals surface area contributed by atoms with Crippen LogP contribution in [0.3, 0.4) is 0 Å². The van der Waals surface area contributed by atoms with E-state index in [1.54, 1.807) is 6.08 Å². The first-order valence-electron chi connectivity index (χ1n) is 3.74. The van der Waals surface area contributed by atoms with E-state index in [1.807, 2.05) is 6.92 Å². The summed E-state index contributed by atoms with van der Waals surface area (Å²) in [6, 6.07) is 0. The molecule has 0 aromatic carbocycles. The molecule has 0 aromatic rings. The monoisotopic (exact) mass is 154 g/mol. The van der Waals surface area contributed by atoms with Gasteiger partial charge in [0.05, 0.1) is 0 Å². The first kappa shape index (κ1) is 9.95. The van der Waals surface area contributed by atoms with Gasteiger partial charge >= 0.3 is 5.97 Å². The zero-order valence-corrected chi connectivity index (χ0v) is 6.84. The molecule has 2 heteroatoms. The lowest BCUT2D eigenvalue weighted by Gasteiger charge is -1.98. The molecular weight excluding hydrogens is 140 g/mol. The Labute approximate surface area is 67.2 Å². The van der Waals surface area contributed by atoms with Crippen LogP contribution in [-0.2, 0) is 4.79 Å². The lowest BCUT2D eigenvalue weighted by atomic mass is 10.1. The van der Waals surface area contributed by atoms with E-state index in [-0.39, 0.29) is 0 Å². The minimum atomic E-state index is -0.856. The van der Waals surface area contributed by atoms with E-state index in [2.05, 4.69) is 6.58 Å². The molecule has 1 N–H and O–H groups in total. The van der Waals surface area contributed by atoms with Crippen molar-refractivity contribution in [2.24, 2.45) is 0 Å². The molecular formula is C9H14O2. The second-order valence-corrected chi connectivity index (χ2v) is 2.32. The van der Waals surface area contributed by atoms with Crippen LogP contribution in [0.25, 0.3) is 0 Å². The molecule has 0 rings (SSSR count). The molecule has 0 aliphatic rings. The van der Waals surface area contributed by atoms with Crippen LogP contribution < -0.4 is 0 Å². The van der Waals surface area contributed by atoms with Crippen molar-refractivity contribution in [2.45, 2.75) is 26.2 Å². The molecule has 0 aliphatic heterocycles. The van der Waals surface area contributed by atoms with Gasteiger partial charge in [0.15, 0.2) is 0 Å². The maximum atomic E-state index is 10.2. The van der Waals surface area contributed by atoms with Crippen molar-refractivity contribution in [2.75, 3.05) is 0 Å². The number of carbonyl (C=O) groups is 1. The van der Waals surface area contributed by atoms with Crippen LogP contribution in [0.2, 0.25) is 0 Å². The van der Waals surface area contributed by atoms with Gasteiger partial charge in [-0.25, -0.2) is 4.79 Å². The summed E-state index contributed by atoms with van der Waals surface area (Å²) in [5.74, 6) is -0.856. The number of allylic oxidation sites excluding steroid dienone is 2. The summed E-state index contributed by atoms with van der Waals surface area (Å²) in [5, 5.41) is 8.41. The molecule has 0 bridgehead atoms. The highest BCUT2D eigenvalue weighted by Gasteiger charge is 1.95. The minimum Gasteiger partial charge on any atom is -0.478 e. The summed E-state index contributed by atoms with van der Waals surface area (Å²) in [4.78, 5) is 10.2. The molecule has 0 saturated carbocycles. The van der Waals surface area contributed by atoms with Gasteiger partial charge in [0.2, 0.25) is 0 Å². The first-order chi connectivity index (χ1) is 5.20. The first-order valence-corrected chi connectivity index (χ1v) is 3.74. The van der Waals surface area contributed by atoms with E-state index in [4.69, 9.17) is 5.11 Å². The summed E-state index contributed by atoms with van der Waals surface area (Å²) >= 11 is 0. The van der Waals surface area contributed by atoms with Gasteiger partial charge in [0.1, 0.15) is 0 Å². The van der Waals surface area contributed by atoms with Crippen molar-refractivity contribution in [3.8, 4) is 0 Å². The molecule has 0 fully saturated rings. The Kier molecular flexibility index (Phi) is 5.17. The highest BCUT2D eigenvalue weighted by atomic mass is 16.4. The van der Waals surface area contributed by atoms with Crippen LogP contribution in [0.15, 0.2) is 24.3 Å². The highest BCUT2D eigenvalue weighted by molar-refractivity contribution is 5.80. The van der Waals surface area contributed by atoms with Crippen LogP contribution in [-0.4, -0.2) is 11.1 Å². The highest BCUT2D eigenvalue weighted by Crippen LogP contribution is 2.08. The van der Waals surface area contributed by atoms with E-state index in [9.17, 15) is 4.79 Å². The van der Waals surface area contributed by atoms with E-state index < -0.39 is 5.97 Å². The summed E-state index contributed by atoms with van der Waals surface area (Å²) in [7, 11) is 0. The van der Waals surface area contributed by atoms with E-state index >= 15 is 0 Å². The molecule has 0 aliphatic carbocycles. The molecule has 0 radical (unpaired) electrons. The molecule has 0 heterocycles. The Morgan fingerprint density at radius 1 is 1.64 bits per heavy atom. The van der Waals surface area contributed by atoms with Crippen LogP contribution >= 0.6 is 0 Å². The molecule has 2 nitrogen and oxygen atoms in total. The largest absolute Gasteiger partial charge is 0.478 e. The third-order valence-electron chi connectivity index (χ3n) is 1.45. The van der Waals surface area contributed by atoms with Gasteiger partial charge in [-0.1, -0.05) is 18.6 Å². The molecule has 0 aromatic heterocycles. The minimum absolute atomic E-state index is 0.806. The maximum Gasteiger partial charge on any atom is 0.328 e. The zero-order valence-electron chi connectivity index (χ0n) is 6.84. The molecule has 0 spiro atoms. The molecule has 0 atom stereocenters. The van der Waals surface area contributed by atoms with Crippen LogP contribution in [0.1, 0.15) is 26.2 Å². The smallest absolute Gasteiger partial charge is 0.328 e. The standard InChI is InChI=1S/C9H14O2/c1-3-5-6-8(4-2)7-9(10)11/h3,7H,1,4-6H2,2H3,(H,10,11)/b8-7+. The zero-order chi connectivity index (χ0) is 8.69. The topological polar surface area (TPSA) is 37.3 Å². The fourth-order valence-electron chi connectivity index (χ4n) is 0.813. The normalized spacial score (nSPS) is 11.2. The second kappa shape index (κ2) is 5.71. The number of carboxylic acid groups (broad SMARTS) is 1. The van der Waals surface area contributed by atoms with Gasteiger partial charge < -0.3 is 5.11 Å². The molecule has 62 valence electrons. The van der Waals surface area contributed by atoms with Crippen molar-refractivity contribution in [3.05, 3.63) is 24.3 Å². The average Bonchev–Trinajstić information content (AvgIpc) is 1.97. The lowest BCUT2D eigenvalue weighted by molar-refractivity contribution is -0.131. The van der Waals surface area contributed by atoms with Crippen molar-refractivity contribution in [1.82, 2.24) is 0 Å². The van der Waals surface area contributed by atoms with Gasteiger partial charge in [-0.05, 0) is 19.3 Å². The summed E-state index contributed by atoms with van der Waals surface area (Å²) in [5.41, 5.74) is 0.970. The number of aliphatic carboxylic acids is 1. The molecule has 0 amide bonds.